The Labute approximate surface area is 120 Å². The van der Waals surface area contributed by atoms with E-state index in [1.54, 1.807) is 18.2 Å². The Morgan fingerprint density at radius 1 is 1.38 bits per heavy atom. The van der Waals surface area contributed by atoms with Gasteiger partial charge in [0, 0.05) is 20.2 Å². The fourth-order valence-corrected chi connectivity index (χ4v) is 1.85. The number of aromatic carboxylic acids is 1. The van der Waals surface area contributed by atoms with Crippen molar-refractivity contribution in [3.63, 3.8) is 0 Å². The number of hydrogen-bond acceptors (Lipinski definition) is 5. The number of carboxylic acids is 1. The molecule has 0 aliphatic heterocycles. The van der Waals surface area contributed by atoms with Crippen LogP contribution < -0.4 is 4.90 Å². The number of carbonyl (C=O) groups excluding carboxylic acids is 1. The predicted octanol–water partition coefficient (Wildman–Crippen LogP) is 1.80. The second kappa shape index (κ2) is 6.19. The molecule has 0 atom stereocenters. The molecular weight excluding hydrogens is 276 g/mol. The minimum atomic E-state index is -1.11. The van der Waals surface area contributed by atoms with Crippen molar-refractivity contribution in [2.45, 2.75) is 6.61 Å². The van der Waals surface area contributed by atoms with E-state index in [9.17, 15) is 9.59 Å². The Morgan fingerprint density at radius 2 is 2.10 bits per heavy atom. The number of carboxylic acid groups (broad SMARTS) is 1. The SMILES string of the molecule is COCc1cc(C(=O)N(C)c2ccccc2C(=O)O)no1. The van der Waals surface area contributed by atoms with Crippen molar-refractivity contribution in [2.75, 3.05) is 19.1 Å². The van der Waals surface area contributed by atoms with Crippen LogP contribution in [0.3, 0.4) is 0 Å². The van der Waals surface area contributed by atoms with Crippen molar-refractivity contribution < 1.29 is 24.0 Å². The number of nitrogens with zero attached hydrogens (tertiary/aromatic N) is 2. The molecule has 0 bridgehead atoms. The van der Waals surface area contributed by atoms with E-state index in [4.69, 9.17) is 14.4 Å². The molecule has 0 unspecified atom stereocenters. The van der Waals surface area contributed by atoms with Gasteiger partial charge in [0.25, 0.3) is 5.91 Å². The number of amides is 1. The van der Waals surface area contributed by atoms with Gasteiger partial charge in [-0.2, -0.15) is 0 Å². The molecule has 0 saturated heterocycles. The highest BCUT2D eigenvalue weighted by Crippen LogP contribution is 2.21. The summed E-state index contributed by atoms with van der Waals surface area (Å²) in [6, 6.07) is 7.70. The topological polar surface area (TPSA) is 92.9 Å². The standard InChI is InChI=1S/C14H14N2O5/c1-16(12-6-4-3-5-10(12)14(18)19)13(17)11-7-9(8-20-2)21-15-11/h3-7H,8H2,1-2H3,(H,18,19). The summed E-state index contributed by atoms with van der Waals surface area (Å²) >= 11 is 0. The second-order valence-corrected chi connectivity index (χ2v) is 4.30. The van der Waals surface area contributed by atoms with Gasteiger partial charge in [-0.25, -0.2) is 4.79 Å². The highest BCUT2D eigenvalue weighted by atomic mass is 16.5. The maximum Gasteiger partial charge on any atom is 0.337 e. The Morgan fingerprint density at radius 3 is 2.76 bits per heavy atom. The van der Waals surface area contributed by atoms with Gasteiger partial charge in [-0.05, 0) is 12.1 Å². The number of carbonyl (C=O) groups is 2. The number of para-hydroxylation sites is 1. The fourth-order valence-electron chi connectivity index (χ4n) is 1.85. The third-order valence-corrected chi connectivity index (χ3v) is 2.87. The first-order valence-electron chi connectivity index (χ1n) is 6.09. The van der Waals surface area contributed by atoms with E-state index in [-0.39, 0.29) is 23.6 Å². The highest BCUT2D eigenvalue weighted by Gasteiger charge is 2.21. The molecule has 0 spiro atoms. The van der Waals surface area contributed by atoms with Crippen LogP contribution in [0.25, 0.3) is 0 Å². The monoisotopic (exact) mass is 290 g/mol. The van der Waals surface area contributed by atoms with Crippen molar-refractivity contribution in [2.24, 2.45) is 0 Å². The van der Waals surface area contributed by atoms with Crippen LogP contribution in [0.5, 0.6) is 0 Å². The first-order chi connectivity index (χ1) is 10.0. The van der Waals surface area contributed by atoms with Gasteiger partial charge in [-0.15, -0.1) is 0 Å². The number of ether oxygens (including phenoxy) is 1. The van der Waals surface area contributed by atoms with Crippen molar-refractivity contribution in [3.05, 3.63) is 47.3 Å². The third kappa shape index (κ3) is 3.09. The van der Waals surface area contributed by atoms with Gasteiger partial charge >= 0.3 is 5.97 Å². The molecule has 21 heavy (non-hydrogen) atoms. The molecule has 7 nitrogen and oxygen atoms in total. The van der Waals surface area contributed by atoms with Gasteiger partial charge < -0.3 is 19.3 Å². The van der Waals surface area contributed by atoms with Crippen molar-refractivity contribution in [3.8, 4) is 0 Å². The van der Waals surface area contributed by atoms with Crippen molar-refractivity contribution in [1.29, 1.82) is 0 Å². The first-order valence-corrected chi connectivity index (χ1v) is 6.09. The zero-order valence-corrected chi connectivity index (χ0v) is 11.6. The second-order valence-electron chi connectivity index (χ2n) is 4.30. The van der Waals surface area contributed by atoms with E-state index >= 15 is 0 Å². The van der Waals surface area contributed by atoms with Crippen LogP contribution in [0.2, 0.25) is 0 Å². The zero-order chi connectivity index (χ0) is 15.4. The van der Waals surface area contributed by atoms with Gasteiger partial charge in [0.1, 0.15) is 6.61 Å². The quantitative estimate of drug-likeness (QED) is 0.902. The molecule has 110 valence electrons. The van der Waals surface area contributed by atoms with E-state index in [1.807, 2.05) is 0 Å². The summed E-state index contributed by atoms with van der Waals surface area (Å²) in [5.41, 5.74) is 0.407. The molecule has 7 heteroatoms. The van der Waals surface area contributed by atoms with Crippen molar-refractivity contribution >= 4 is 17.6 Å². The maximum atomic E-state index is 12.3. The molecule has 1 amide bonds. The minimum absolute atomic E-state index is 0.0361. The molecule has 0 radical (unpaired) electrons. The van der Waals surface area contributed by atoms with E-state index in [1.165, 1.54) is 31.2 Å². The van der Waals surface area contributed by atoms with Crippen LogP contribution in [0.1, 0.15) is 26.6 Å². The molecule has 0 aliphatic rings. The number of aromatic nitrogens is 1. The van der Waals surface area contributed by atoms with Gasteiger partial charge in [0.15, 0.2) is 11.5 Å². The van der Waals surface area contributed by atoms with Crippen LogP contribution in [0, 0.1) is 0 Å². The fraction of sp³-hybridized carbons (Fsp3) is 0.214. The minimum Gasteiger partial charge on any atom is -0.478 e. The molecular formula is C14H14N2O5. The van der Waals surface area contributed by atoms with E-state index in [0.29, 0.717) is 5.76 Å². The van der Waals surface area contributed by atoms with Crippen LogP contribution in [-0.4, -0.2) is 36.3 Å². The number of hydrogen-bond donors (Lipinski definition) is 1. The Hall–Kier alpha value is -2.67. The lowest BCUT2D eigenvalue weighted by Crippen LogP contribution is -2.28. The summed E-state index contributed by atoms with van der Waals surface area (Å²) in [6.07, 6.45) is 0. The van der Waals surface area contributed by atoms with E-state index in [2.05, 4.69) is 5.16 Å². The van der Waals surface area contributed by atoms with Crippen LogP contribution in [-0.2, 0) is 11.3 Å². The lowest BCUT2D eigenvalue weighted by atomic mass is 10.1. The van der Waals surface area contributed by atoms with Gasteiger partial charge in [0.2, 0.25) is 0 Å². The molecule has 1 aromatic heterocycles. The third-order valence-electron chi connectivity index (χ3n) is 2.87. The predicted molar refractivity (Wildman–Crippen MR) is 73.4 cm³/mol. The largest absolute Gasteiger partial charge is 0.478 e. The first kappa shape index (κ1) is 14.7. The smallest absolute Gasteiger partial charge is 0.337 e. The molecule has 1 aromatic carbocycles. The summed E-state index contributed by atoms with van der Waals surface area (Å²) in [5.74, 6) is -1.15. The molecule has 0 fully saturated rings. The molecule has 1 N–H and O–H groups in total. The molecule has 0 aliphatic carbocycles. The highest BCUT2D eigenvalue weighted by molar-refractivity contribution is 6.08. The molecule has 1 heterocycles. The lowest BCUT2D eigenvalue weighted by Gasteiger charge is -2.17. The Balaban J connectivity index is 2.28. The summed E-state index contributed by atoms with van der Waals surface area (Å²) < 4.78 is 9.83. The normalized spacial score (nSPS) is 10.4. The van der Waals surface area contributed by atoms with Crippen LogP contribution in [0.15, 0.2) is 34.9 Å². The average Bonchev–Trinajstić information content (AvgIpc) is 2.94. The summed E-state index contributed by atoms with van der Waals surface area (Å²) in [5, 5.41) is 12.8. The molecule has 2 aromatic rings. The zero-order valence-electron chi connectivity index (χ0n) is 11.6. The summed E-state index contributed by atoms with van der Waals surface area (Å²) in [6.45, 7) is 0.204. The van der Waals surface area contributed by atoms with Gasteiger partial charge in [-0.3, -0.25) is 4.79 Å². The van der Waals surface area contributed by atoms with E-state index in [0.717, 1.165) is 0 Å². The summed E-state index contributed by atoms with van der Waals surface area (Å²) in [7, 11) is 2.98. The van der Waals surface area contributed by atoms with Crippen molar-refractivity contribution in [1.82, 2.24) is 5.16 Å². The Kier molecular flexibility index (Phi) is 4.34. The van der Waals surface area contributed by atoms with Gasteiger partial charge in [0.05, 0.1) is 11.3 Å². The lowest BCUT2D eigenvalue weighted by molar-refractivity contribution is 0.0697. The Bertz CT molecular complexity index is 665. The molecule has 2 rings (SSSR count). The summed E-state index contributed by atoms with van der Waals surface area (Å²) in [4.78, 5) is 24.7. The average molecular weight is 290 g/mol. The number of anilines is 1. The van der Waals surface area contributed by atoms with Gasteiger partial charge in [-0.1, -0.05) is 17.3 Å². The molecule has 0 saturated carbocycles. The van der Waals surface area contributed by atoms with Crippen LogP contribution in [0.4, 0.5) is 5.69 Å². The maximum absolute atomic E-state index is 12.3. The number of benzene rings is 1. The van der Waals surface area contributed by atoms with Crippen LogP contribution >= 0.6 is 0 Å². The van der Waals surface area contributed by atoms with E-state index < -0.39 is 11.9 Å². The number of rotatable bonds is 5. The number of methoxy groups -OCH3 is 1.